The Kier molecular flexibility index (Phi) is 6.56. The Morgan fingerprint density at radius 1 is 1.18 bits per heavy atom. The van der Waals surface area contributed by atoms with Crippen molar-refractivity contribution < 1.29 is 17.9 Å². The molecule has 0 aliphatic heterocycles. The predicted molar refractivity (Wildman–Crippen MR) is 86.8 cm³/mol. The van der Waals surface area contributed by atoms with Crippen molar-refractivity contribution in [1.29, 1.82) is 0 Å². The van der Waals surface area contributed by atoms with Gasteiger partial charge in [0.15, 0.2) is 0 Å². The highest BCUT2D eigenvalue weighted by atomic mass is 32.2. The van der Waals surface area contributed by atoms with Crippen LogP contribution in [0.5, 0.6) is 0 Å². The maximum atomic E-state index is 12.5. The van der Waals surface area contributed by atoms with Gasteiger partial charge in [0, 0.05) is 6.54 Å². The predicted octanol–water partition coefficient (Wildman–Crippen LogP) is 2.57. The minimum atomic E-state index is -3.56. The number of sulfonamides is 1. The highest BCUT2D eigenvalue weighted by Crippen LogP contribution is 2.13. The largest absolute Gasteiger partial charge is 0.459 e. The normalized spacial score (nSPS) is 12.4. The monoisotopic (exact) mass is 327 g/mol. The second kappa shape index (κ2) is 7.74. The van der Waals surface area contributed by atoms with Crippen molar-refractivity contribution in [2.24, 2.45) is 0 Å². The van der Waals surface area contributed by atoms with Gasteiger partial charge in [-0.1, -0.05) is 37.3 Å². The van der Waals surface area contributed by atoms with E-state index in [1.54, 1.807) is 45.0 Å². The first-order valence-electron chi connectivity index (χ1n) is 7.37. The molecule has 0 spiro atoms. The molecule has 0 aromatic heterocycles. The molecule has 0 N–H and O–H groups in total. The van der Waals surface area contributed by atoms with Crippen molar-refractivity contribution in [3.8, 4) is 0 Å². The van der Waals surface area contributed by atoms with Crippen LogP contribution in [0.1, 0.15) is 39.7 Å². The number of hydrogen-bond donors (Lipinski definition) is 0. The summed E-state index contributed by atoms with van der Waals surface area (Å²) in [5, 5.41) is 0. The van der Waals surface area contributed by atoms with Gasteiger partial charge in [0.1, 0.15) is 12.1 Å². The number of esters is 1. The lowest BCUT2D eigenvalue weighted by Gasteiger charge is -2.24. The average Bonchev–Trinajstić information content (AvgIpc) is 2.36. The molecule has 0 atom stereocenters. The van der Waals surface area contributed by atoms with Crippen LogP contribution >= 0.6 is 0 Å². The van der Waals surface area contributed by atoms with E-state index in [-0.39, 0.29) is 12.3 Å². The molecule has 0 fully saturated rings. The molecular formula is C16H25NO4S. The number of ether oxygens (including phenoxy) is 1. The Morgan fingerprint density at radius 2 is 1.77 bits per heavy atom. The lowest BCUT2D eigenvalue weighted by molar-refractivity contribution is -0.154. The maximum absolute atomic E-state index is 12.5. The van der Waals surface area contributed by atoms with E-state index in [0.717, 1.165) is 0 Å². The summed E-state index contributed by atoms with van der Waals surface area (Å²) < 4.78 is 31.4. The average molecular weight is 327 g/mol. The molecule has 0 radical (unpaired) electrons. The molecule has 124 valence electrons. The molecule has 0 saturated heterocycles. The number of carbonyl (C=O) groups excluding carboxylic acids is 1. The number of carbonyl (C=O) groups is 1. The van der Waals surface area contributed by atoms with E-state index in [9.17, 15) is 13.2 Å². The van der Waals surface area contributed by atoms with Crippen molar-refractivity contribution in [1.82, 2.24) is 4.31 Å². The summed E-state index contributed by atoms with van der Waals surface area (Å²) in [5.74, 6) is -0.644. The first kappa shape index (κ1) is 18.6. The quantitative estimate of drug-likeness (QED) is 0.722. The third-order valence-electron chi connectivity index (χ3n) is 2.78. The van der Waals surface area contributed by atoms with Crippen LogP contribution in [0.3, 0.4) is 0 Å². The fourth-order valence-electron chi connectivity index (χ4n) is 1.96. The van der Waals surface area contributed by atoms with Crippen LogP contribution in [0, 0.1) is 0 Å². The second-order valence-electron chi connectivity index (χ2n) is 6.16. The van der Waals surface area contributed by atoms with E-state index in [0.29, 0.717) is 18.5 Å². The molecule has 1 aromatic carbocycles. The minimum absolute atomic E-state index is 0.114. The first-order chi connectivity index (χ1) is 10.1. The Morgan fingerprint density at radius 3 is 2.27 bits per heavy atom. The molecule has 0 bridgehead atoms. The molecule has 1 rings (SSSR count). The topological polar surface area (TPSA) is 63.7 Å². The maximum Gasteiger partial charge on any atom is 0.321 e. The molecule has 0 saturated carbocycles. The summed E-state index contributed by atoms with van der Waals surface area (Å²) in [6, 6.07) is 8.94. The zero-order valence-electron chi connectivity index (χ0n) is 13.7. The third-order valence-corrected chi connectivity index (χ3v) is 4.58. The van der Waals surface area contributed by atoms with Gasteiger partial charge in [-0.15, -0.1) is 0 Å². The Bertz CT molecular complexity index is 576. The SMILES string of the molecule is CCCN(CC(=O)OC(C)(C)C)S(=O)(=O)Cc1ccccc1. The zero-order valence-corrected chi connectivity index (χ0v) is 14.5. The number of rotatable bonds is 7. The van der Waals surface area contributed by atoms with Crippen LogP contribution in [-0.4, -0.2) is 37.4 Å². The van der Waals surface area contributed by atoms with Gasteiger partial charge in [-0.05, 0) is 32.8 Å². The van der Waals surface area contributed by atoms with Gasteiger partial charge in [-0.2, -0.15) is 4.31 Å². The van der Waals surface area contributed by atoms with Crippen LogP contribution in [0.4, 0.5) is 0 Å². The highest BCUT2D eigenvalue weighted by Gasteiger charge is 2.26. The van der Waals surface area contributed by atoms with Crippen molar-refractivity contribution >= 4 is 16.0 Å². The van der Waals surface area contributed by atoms with Gasteiger partial charge in [-0.25, -0.2) is 8.42 Å². The Balaban J connectivity index is 2.82. The number of hydrogen-bond acceptors (Lipinski definition) is 4. The fourth-order valence-corrected chi connectivity index (χ4v) is 3.52. The van der Waals surface area contributed by atoms with E-state index in [1.807, 2.05) is 13.0 Å². The van der Waals surface area contributed by atoms with Crippen LogP contribution in [0.15, 0.2) is 30.3 Å². The molecule has 0 heterocycles. The van der Waals surface area contributed by atoms with Crippen LogP contribution in [-0.2, 0) is 25.3 Å². The summed E-state index contributed by atoms with van der Waals surface area (Å²) in [4.78, 5) is 11.9. The molecule has 5 nitrogen and oxygen atoms in total. The van der Waals surface area contributed by atoms with Crippen molar-refractivity contribution in [2.75, 3.05) is 13.1 Å². The summed E-state index contributed by atoms with van der Waals surface area (Å²) in [6.07, 6.45) is 0.636. The molecule has 0 aliphatic carbocycles. The van der Waals surface area contributed by atoms with Crippen molar-refractivity contribution in [3.05, 3.63) is 35.9 Å². The molecule has 6 heteroatoms. The Labute approximate surface area is 133 Å². The summed E-state index contributed by atoms with van der Waals surface area (Å²) in [6.45, 7) is 7.20. The van der Waals surface area contributed by atoms with Crippen LogP contribution in [0.25, 0.3) is 0 Å². The van der Waals surface area contributed by atoms with E-state index in [4.69, 9.17) is 4.74 Å². The summed E-state index contributed by atoms with van der Waals surface area (Å²) in [7, 11) is -3.56. The van der Waals surface area contributed by atoms with E-state index < -0.39 is 21.6 Å². The molecule has 0 aliphatic rings. The van der Waals surface area contributed by atoms with Crippen LogP contribution in [0.2, 0.25) is 0 Å². The molecule has 0 unspecified atom stereocenters. The van der Waals surface area contributed by atoms with Gasteiger partial charge in [0.25, 0.3) is 0 Å². The van der Waals surface area contributed by atoms with E-state index in [2.05, 4.69) is 0 Å². The molecule has 22 heavy (non-hydrogen) atoms. The van der Waals surface area contributed by atoms with Gasteiger partial charge >= 0.3 is 5.97 Å². The number of benzene rings is 1. The minimum Gasteiger partial charge on any atom is -0.459 e. The van der Waals surface area contributed by atoms with Gasteiger partial charge in [-0.3, -0.25) is 4.79 Å². The van der Waals surface area contributed by atoms with Crippen molar-refractivity contribution in [2.45, 2.75) is 45.5 Å². The lowest BCUT2D eigenvalue weighted by atomic mass is 10.2. The second-order valence-corrected chi connectivity index (χ2v) is 8.13. The fraction of sp³-hybridized carbons (Fsp3) is 0.562. The van der Waals surface area contributed by atoms with E-state index in [1.165, 1.54) is 4.31 Å². The van der Waals surface area contributed by atoms with Crippen LogP contribution < -0.4 is 0 Å². The molecule has 0 amide bonds. The smallest absolute Gasteiger partial charge is 0.321 e. The standard InChI is InChI=1S/C16H25NO4S/c1-5-11-17(12-15(18)21-16(2,3)4)22(19,20)13-14-9-7-6-8-10-14/h6-10H,5,11-13H2,1-4H3. The summed E-state index contributed by atoms with van der Waals surface area (Å²) in [5.41, 5.74) is 0.0748. The molecular weight excluding hydrogens is 302 g/mol. The van der Waals surface area contributed by atoms with E-state index >= 15 is 0 Å². The number of nitrogens with zero attached hydrogens (tertiary/aromatic N) is 1. The summed E-state index contributed by atoms with van der Waals surface area (Å²) >= 11 is 0. The zero-order chi connectivity index (χ0) is 16.8. The highest BCUT2D eigenvalue weighted by molar-refractivity contribution is 7.88. The van der Waals surface area contributed by atoms with Gasteiger partial charge < -0.3 is 4.74 Å². The van der Waals surface area contributed by atoms with Gasteiger partial charge in [0.05, 0.1) is 5.75 Å². The first-order valence-corrected chi connectivity index (χ1v) is 8.98. The lowest BCUT2D eigenvalue weighted by Crippen LogP contribution is -2.39. The Hall–Kier alpha value is -1.40. The molecule has 1 aromatic rings. The van der Waals surface area contributed by atoms with Crippen molar-refractivity contribution in [3.63, 3.8) is 0 Å². The van der Waals surface area contributed by atoms with Gasteiger partial charge in [0.2, 0.25) is 10.0 Å². The third kappa shape index (κ3) is 6.58.